The van der Waals surface area contributed by atoms with Crippen LogP contribution in [0.15, 0.2) is 12.1 Å². The Hall–Kier alpha value is -1.46. The molecule has 2 bridgehead atoms. The maximum absolute atomic E-state index is 12.9. The molecule has 6 heteroatoms. The molecule has 0 aromatic heterocycles. The van der Waals surface area contributed by atoms with Crippen LogP contribution >= 0.6 is 12.4 Å². The summed E-state index contributed by atoms with van der Waals surface area (Å²) in [4.78, 5) is 12.9. The number of rotatable bonds is 4. The van der Waals surface area contributed by atoms with Crippen molar-refractivity contribution in [2.24, 2.45) is 17.6 Å². The Bertz CT molecular complexity index is 609. The number of benzene rings is 1. The molecule has 1 aromatic carbocycles. The van der Waals surface area contributed by atoms with E-state index in [0.29, 0.717) is 28.9 Å². The zero-order valence-corrected chi connectivity index (χ0v) is 16.0. The number of fused-ring (bicyclic) bond motifs is 2. The zero-order valence-electron chi connectivity index (χ0n) is 15.2. The maximum atomic E-state index is 12.9. The third-order valence-electron chi connectivity index (χ3n) is 5.65. The van der Waals surface area contributed by atoms with Crippen molar-refractivity contribution in [2.75, 3.05) is 14.2 Å². The number of nitrogens with two attached hydrogens (primary N) is 1. The van der Waals surface area contributed by atoms with Gasteiger partial charge in [0.15, 0.2) is 11.5 Å². The summed E-state index contributed by atoms with van der Waals surface area (Å²) in [6.45, 7) is 1.93. The van der Waals surface area contributed by atoms with E-state index >= 15 is 0 Å². The van der Waals surface area contributed by atoms with E-state index in [0.717, 1.165) is 18.4 Å². The fourth-order valence-electron chi connectivity index (χ4n) is 4.48. The summed E-state index contributed by atoms with van der Waals surface area (Å²) in [5.41, 5.74) is 7.72. The van der Waals surface area contributed by atoms with E-state index in [1.165, 1.54) is 19.3 Å². The second-order valence-electron chi connectivity index (χ2n) is 7.20. The van der Waals surface area contributed by atoms with Gasteiger partial charge >= 0.3 is 0 Å². The minimum atomic E-state index is -0.0224. The SMILES string of the molecule is COc1cc(C)c(C(=O)NC2C3CCCC2CC(N)C3)cc1OC.Cl. The molecule has 2 aliphatic rings. The minimum absolute atomic E-state index is 0. The van der Waals surface area contributed by atoms with Crippen LogP contribution in [0.4, 0.5) is 0 Å². The van der Waals surface area contributed by atoms with Gasteiger partial charge in [0.2, 0.25) is 0 Å². The summed E-state index contributed by atoms with van der Waals surface area (Å²) in [6, 6.07) is 4.16. The number of carbonyl (C=O) groups is 1. The number of hydrogen-bond donors (Lipinski definition) is 2. The first-order valence-corrected chi connectivity index (χ1v) is 8.82. The molecular weight excluding hydrogens is 340 g/mol. The molecule has 0 saturated heterocycles. The Morgan fingerprint density at radius 1 is 1.12 bits per heavy atom. The summed E-state index contributed by atoms with van der Waals surface area (Å²) in [5, 5.41) is 3.30. The maximum Gasteiger partial charge on any atom is 0.251 e. The van der Waals surface area contributed by atoms with Crippen LogP contribution in [-0.4, -0.2) is 32.2 Å². The third kappa shape index (κ3) is 4.04. The van der Waals surface area contributed by atoms with E-state index < -0.39 is 0 Å². The van der Waals surface area contributed by atoms with Gasteiger partial charge in [-0.2, -0.15) is 0 Å². The molecule has 0 heterocycles. The fourth-order valence-corrected chi connectivity index (χ4v) is 4.48. The van der Waals surface area contributed by atoms with Crippen LogP contribution in [0.1, 0.15) is 48.0 Å². The molecule has 140 valence electrons. The molecule has 5 nitrogen and oxygen atoms in total. The first-order valence-electron chi connectivity index (χ1n) is 8.82. The van der Waals surface area contributed by atoms with Crippen LogP contribution in [0.25, 0.3) is 0 Å². The molecule has 1 amide bonds. The third-order valence-corrected chi connectivity index (χ3v) is 5.65. The lowest BCUT2D eigenvalue weighted by Gasteiger charge is -2.45. The van der Waals surface area contributed by atoms with Gasteiger partial charge in [-0.15, -0.1) is 12.4 Å². The summed E-state index contributed by atoms with van der Waals surface area (Å²) in [7, 11) is 3.19. The van der Waals surface area contributed by atoms with Crippen LogP contribution < -0.4 is 20.5 Å². The molecule has 2 saturated carbocycles. The lowest BCUT2D eigenvalue weighted by Crippen LogP contribution is -2.53. The van der Waals surface area contributed by atoms with Crippen molar-refractivity contribution in [1.29, 1.82) is 0 Å². The standard InChI is InChI=1S/C19H28N2O3.ClH/c1-11-7-16(23-2)17(24-3)10-15(11)19(22)21-18-12-5-4-6-13(18)9-14(20)8-12;/h7,10,12-14,18H,4-6,8-9,20H2,1-3H3,(H,21,22);1H. The Morgan fingerprint density at radius 3 is 2.24 bits per heavy atom. The largest absolute Gasteiger partial charge is 0.493 e. The predicted octanol–water partition coefficient (Wildman–Crippen LogP) is 3.07. The average Bonchev–Trinajstić information content (AvgIpc) is 2.55. The number of carbonyl (C=O) groups excluding carboxylic acids is 1. The number of hydrogen-bond acceptors (Lipinski definition) is 4. The van der Waals surface area contributed by atoms with Crippen LogP contribution in [0.2, 0.25) is 0 Å². The van der Waals surface area contributed by atoms with E-state index in [-0.39, 0.29) is 30.4 Å². The van der Waals surface area contributed by atoms with Crippen molar-refractivity contribution >= 4 is 18.3 Å². The molecule has 0 spiro atoms. The van der Waals surface area contributed by atoms with Gasteiger partial charge in [-0.25, -0.2) is 0 Å². The first-order chi connectivity index (χ1) is 11.5. The van der Waals surface area contributed by atoms with E-state index in [1.807, 2.05) is 13.0 Å². The van der Waals surface area contributed by atoms with Crippen molar-refractivity contribution in [3.63, 3.8) is 0 Å². The highest BCUT2D eigenvalue weighted by Gasteiger charge is 2.40. The molecule has 2 aliphatic carbocycles. The first kappa shape index (κ1) is 19.9. The summed E-state index contributed by atoms with van der Waals surface area (Å²) in [6.07, 6.45) is 5.63. The lowest BCUT2D eigenvalue weighted by atomic mass is 9.67. The van der Waals surface area contributed by atoms with Gasteiger partial charge in [0.05, 0.1) is 14.2 Å². The van der Waals surface area contributed by atoms with Gasteiger partial charge in [-0.3, -0.25) is 4.79 Å². The molecule has 2 atom stereocenters. The summed E-state index contributed by atoms with van der Waals surface area (Å²) >= 11 is 0. The number of halogens is 1. The Balaban J connectivity index is 0.00000225. The van der Waals surface area contributed by atoms with Gasteiger partial charge in [0.1, 0.15) is 0 Å². The van der Waals surface area contributed by atoms with Gasteiger partial charge in [0, 0.05) is 17.6 Å². The Labute approximate surface area is 156 Å². The number of ether oxygens (including phenoxy) is 2. The van der Waals surface area contributed by atoms with Crippen LogP contribution in [0, 0.1) is 18.8 Å². The monoisotopic (exact) mass is 368 g/mol. The highest BCUT2D eigenvalue weighted by molar-refractivity contribution is 5.96. The topological polar surface area (TPSA) is 73.6 Å². The minimum Gasteiger partial charge on any atom is -0.493 e. The Kier molecular flexibility index (Phi) is 6.58. The van der Waals surface area contributed by atoms with Gasteiger partial charge in [0.25, 0.3) is 5.91 Å². The van der Waals surface area contributed by atoms with Crippen molar-refractivity contribution in [2.45, 2.75) is 51.1 Å². The molecule has 3 rings (SSSR count). The number of nitrogens with one attached hydrogen (secondary N) is 1. The van der Waals surface area contributed by atoms with Crippen molar-refractivity contribution in [3.8, 4) is 11.5 Å². The van der Waals surface area contributed by atoms with Crippen LogP contribution in [-0.2, 0) is 0 Å². The predicted molar refractivity (Wildman–Crippen MR) is 101 cm³/mol. The van der Waals surface area contributed by atoms with Gasteiger partial charge in [-0.05, 0) is 62.1 Å². The molecule has 0 radical (unpaired) electrons. The number of amides is 1. The van der Waals surface area contributed by atoms with E-state index in [1.54, 1.807) is 20.3 Å². The normalized spacial score (nSPS) is 27.8. The quantitative estimate of drug-likeness (QED) is 0.856. The molecule has 2 fully saturated rings. The second kappa shape index (κ2) is 8.28. The number of aryl methyl sites for hydroxylation is 1. The molecule has 0 aliphatic heterocycles. The molecular formula is C19H29ClN2O3. The smallest absolute Gasteiger partial charge is 0.251 e. The Morgan fingerprint density at radius 2 is 1.68 bits per heavy atom. The lowest BCUT2D eigenvalue weighted by molar-refractivity contribution is 0.0755. The highest BCUT2D eigenvalue weighted by atomic mass is 35.5. The molecule has 2 unspecified atom stereocenters. The molecule has 1 aromatic rings. The van der Waals surface area contributed by atoms with Gasteiger partial charge < -0.3 is 20.5 Å². The van der Waals surface area contributed by atoms with Gasteiger partial charge in [-0.1, -0.05) is 6.42 Å². The van der Waals surface area contributed by atoms with E-state index in [9.17, 15) is 4.79 Å². The fraction of sp³-hybridized carbons (Fsp3) is 0.632. The van der Waals surface area contributed by atoms with Crippen molar-refractivity contribution in [3.05, 3.63) is 23.3 Å². The zero-order chi connectivity index (χ0) is 17.3. The summed E-state index contributed by atoms with van der Waals surface area (Å²) in [5.74, 6) is 2.23. The van der Waals surface area contributed by atoms with Crippen LogP contribution in [0.3, 0.4) is 0 Å². The van der Waals surface area contributed by atoms with Crippen LogP contribution in [0.5, 0.6) is 11.5 Å². The van der Waals surface area contributed by atoms with E-state index in [4.69, 9.17) is 15.2 Å². The van der Waals surface area contributed by atoms with Crippen molar-refractivity contribution in [1.82, 2.24) is 5.32 Å². The van der Waals surface area contributed by atoms with E-state index in [2.05, 4.69) is 5.32 Å². The average molecular weight is 369 g/mol. The van der Waals surface area contributed by atoms with Crippen molar-refractivity contribution < 1.29 is 14.3 Å². The second-order valence-corrected chi connectivity index (χ2v) is 7.20. The highest BCUT2D eigenvalue weighted by Crippen LogP contribution is 2.40. The number of methoxy groups -OCH3 is 2. The molecule has 25 heavy (non-hydrogen) atoms. The summed E-state index contributed by atoms with van der Waals surface area (Å²) < 4.78 is 10.6. The molecule has 3 N–H and O–H groups in total.